The van der Waals surface area contributed by atoms with Crippen molar-refractivity contribution in [2.24, 2.45) is 0 Å². The first kappa shape index (κ1) is 20.4. The van der Waals surface area contributed by atoms with Gasteiger partial charge < -0.3 is 9.80 Å². The van der Waals surface area contributed by atoms with Gasteiger partial charge in [0.25, 0.3) is 5.91 Å². The third-order valence-electron chi connectivity index (χ3n) is 5.39. The molecule has 0 aliphatic carbocycles. The quantitative estimate of drug-likeness (QED) is 0.556. The smallest absolute Gasteiger partial charge is 0.256 e. The van der Waals surface area contributed by atoms with Gasteiger partial charge in [0.1, 0.15) is 10.8 Å². The maximum absolute atomic E-state index is 13.2. The summed E-state index contributed by atoms with van der Waals surface area (Å²) in [4.78, 5) is 21.7. The first-order valence-corrected chi connectivity index (χ1v) is 11.0. The van der Waals surface area contributed by atoms with Crippen LogP contribution in [0.4, 0.5) is 10.1 Å². The van der Waals surface area contributed by atoms with E-state index < -0.39 is 0 Å². The van der Waals surface area contributed by atoms with Gasteiger partial charge in [0.2, 0.25) is 0 Å². The number of carbonyl (C=O) groups excluding carboxylic acids is 1. The van der Waals surface area contributed by atoms with Gasteiger partial charge in [-0.05, 0) is 54.4 Å². The summed E-state index contributed by atoms with van der Waals surface area (Å²) in [5.74, 6) is 0.566. The molecule has 1 amide bonds. The molecule has 0 N–H and O–H groups in total. The van der Waals surface area contributed by atoms with Crippen molar-refractivity contribution in [3.8, 4) is 0 Å². The Morgan fingerprint density at radius 1 is 1.00 bits per heavy atom. The summed E-state index contributed by atoms with van der Waals surface area (Å²) in [6.07, 6.45) is 1.74. The van der Waals surface area contributed by atoms with Gasteiger partial charge in [-0.3, -0.25) is 4.79 Å². The van der Waals surface area contributed by atoms with E-state index in [0.717, 1.165) is 29.6 Å². The average Bonchev–Trinajstić information content (AvgIpc) is 2.79. The Balaban J connectivity index is 1.41. The fourth-order valence-corrected chi connectivity index (χ4v) is 4.64. The van der Waals surface area contributed by atoms with Gasteiger partial charge in [0.05, 0.1) is 5.56 Å². The Morgan fingerprint density at radius 3 is 2.47 bits per heavy atom. The van der Waals surface area contributed by atoms with Crippen molar-refractivity contribution in [2.45, 2.75) is 17.7 Å². The number of pyridine rings is 1. The van der Waals surface area contributed by atoms with Crippen LogP contribution in [0.2, 0.25) is 0 Å². The molecule has 4 nitrogen and oxygen atoms in total. The highest BCUT2D eigenvalue weighted by atomic mass is 32.2. The summed E-state index contributed by atoms with van der Waals surface area (Å²) in [5.41, 5.74) is 4.14. The number of amides is 1. The predicted molar refractivity (Wildman–Crippen MR) is 119 cm³/mol. The van der Waals surface area contributed by atoms with Gasteiger partial charge in [-0.25, -0.2) is 9.37 Å². The zero-order valence-corrected chi connectivity index (χ0v) is 17.7. The normalized spacial score (nSPS) is 14.1. The van der Waals surface area contributed by atoms with Gasteiger partial charge in [-0.2, -0.15) is 0 Å². The van der Waals surface area contributed by atoms with E-state index in [1.54, 1.807) is 30.1 Å². The number of anilines is 1. The highest BCUT2D eigenvalue weighted by Gasteiger charge is 2.24. The van der Waals surface area contributed by atoms with Crippen molar-refractivity contribution in [2.75, 3.05) is 31.1 Å². The molecule has 3 aromatic rings. The summed E-state index contributed by atoms with van der Waals surface area (Å²) < 4.78 is 13.2. The molecule has 0 spiro atoms. The Labute approximate surface area is 180 Å². The third kappa shape index (κ3) is 4.65. The van der Waals surface area contributed by atoms with E-state index in [2.05, 4.69) is 28.9 Å². The Morgan fingerprint density at radius 2 is 1.73 bits per heavy atom. The fraction of sp³-hybridized carbons (Fsp3) is 0.250. The van der Waals surface area contributed by atoms with Crippen LogP contribution < -0.4 is 4.90 Å². The minimum atomic E-state index is -0.236. The van der Waals surface area contributed by atoms with E-state index in [1.807, 2.05) is 29.2 Å². The van der Waals surface area contributed by atoms with Crippen LogP contribution in [0.15, 0.2) is 71.9 Å². The highest BCUT2D eigenvalue weighted by Crippen LogP contribution is 2.27. The van der Waals surface area contributed by atoms with E-state index in [0.29, 0.717) is 18.7 Å². The lowest BCUT2D eigenvalue weighted by molar-refractivity contribution is 0.0742. The molecule has 30 heavy (non-hydrogen) atoms. The molecule has 0 atom stereocenters. The number of halogens is 1. The molecular formula is C24H24FN3OS. The topological polar surface area (TPSA) is 36.4 Å². The summed E-state index contributed by atoms with van der Waals surface area (Å²) in [5, 5.41) is 0.770. The highest BCUT2D eigenvalue weighted by molar-refractivity contribution is 7.98. The Kier molecular flexibility index (Phi) is 6.33. The lowest BCUT2D eigenvalue weighted by Crippen LogP contribution is -2.48. The van der Waals surface area contributed by atoms with Crippen molar-refractivity contribution in [1.82, 2.24) is 9.88 Å². The molecule has 4 rings (SSSR count). The molecule has 0 saturated carbocycles. The number of aromatic nitrogens is 1. The lowest BCUT2D eigenvalue weighted by Gasteiger charge is -2.36. The maximum Gasteiger partial charge on any atom is 0.256 e. The standard InChI is InChI=1S/C24H24FN3OS/c1-18-5-2-3-6-19(18)17-30-23-22(7-4-12-26-23)24(29)28-15-13-27(14-16-28)21-10-8-20(25)9-11-21/h2-12H,13-17H2,1H3. The molecule has 1 aliphatic heterocycles. The zero-order valence-electron chi connectivity index (χ0n) is 16.9. The van der Waals surface area contributed by atoms with Crippen LogP contribution in [0, 0.1) is 12.7 Å². The Hall–Kier alpha value is -2.86. The lowest BCUT2D eigenvalue weighted by atomic mass is 10.1. The number of benzene rings is 2. The number of aryl methyl sites for hydroxylation is 1. The summed E-state index contributed by atoms with van der Waals surface area (Å²) >= 11 is 1.60. The van der Waals surface area contributed by atoms with Gasteiger partial charge in [-0.15, -0.1) is 11.8 Å². The largest absolute Gasteiger partial charge is 0.368 e. The van der Waals surface area contributed by atoms with Crippen LogP contribution in [-0.4, -0.2) is 42.0 Å². The fourth-order valence-electron chi connectivity index (χ4n) is 3.58. The predicted octanol–water partition coefficient (Wildman–Crippen LogP) is 4.78. The molecule has 1 aromatic heterocycles. The van der Waals surface area contributed by atoms with Crippen LogP contribution in [0.3, 0.4) is 0 Å². The van der Waals surface area contributed by atoms with Gasteiger partial charge in [-0.1, -0.05) is 24.3 Å². The third-order valence-corrected chi connectivity index (χ3v) is 6.44. The van der Waals surface area contributed by atoms with Crippen LogP contribution in [0.5, 0.6) is 0 Å². The molecule has 0 radical (unpaired) electrons. The molecule has 0 unspecified atom stereocenters. The Bertz CT molecular complexity index is 1020. The van der Waals surface area contributed by atoms with E-state index >= 15 is 0 Å². The molecule has 1 aliphatic rings. The van der Waals surface area contributed by atoms with Crippen molar-refractivity contribution in [1.29, 1.82) is 0 Å². The molecule has 0 bridgehead atoms. The van der Waals surface area contributed by atoms with E-state index in [4.69, 9.17) is 0 Å². The second-order valence-electron chi connectivity index (χ2n) is 7.33. The summed E-state index contributed by atoms with van der Waals surface area (Å²) in [6, 6.07) is 18.5. The second kappa shape index (κ2) is 9.30. The molecule has 2 aromatic carbocycles. The molecule has 154 valence electrons. The van der Waals surface area contributed by atoms with Crippen LogP contribution in [0.25, 0.3) is 0 Å². The van der Waals surface area contributed by atoms with E-state index in [9.17, 15) is 9.18 Å². The summed E-state index contributed by atoms with van der Waals surface area (Å²) in [7, 11) is 0. The molecule has 6 heteroatoms. The number of rotatable bonds is 5. The van der Waals surface area contributed by atoms with Crippen molar-refractivity contribution in [3.05, 3.63) is 89.4 Å². The number of hydrogen-bond acceptors (Lipinski definition) is 4. The SMILES string of the molecule is Cc1ccccc1CSc1ncccc1C(=O)N1CCN(c2ccc(F)cc2)CC1. The summed E-state index contributed by atoms with van der Waals surface area (Å²) in [6.45, 7) is 4.81. The molecular weight excluding hydrogens is 397 g/mol. The average molecular weight is 422 g/mol. The van der Waals surface area contributed by atoms with Crippen LogP contribution in [0.1, 0.15) is 21.5 Å². The van der Waals surface area contributed by atoms with Gasteiger partial charge in [0, 0.05) is 43.8 Å². The number of nitrogens with zero attached hydrogens (tertiary/aromatic N) is 3. The molecule has 2 heterocycles. The van der Waals surface area contributed by atoms with E-state index in [1.165, 1.54) is 23.3 Å². The number of hydrogen-bond donors (Lipinski definition) is 0. The number of carbonyl (C=O) groups is 1. The maximum atomic E-state index is 13.2. The second-order valence-corrected chi connectivity index (χ2v) is 8.29. The van der Waals surface area contributed by atoms with Crippen molar-refractivity contribution >= 4 is 23.4 Å². The monoisotopic (exact) mass is 421 g/mol. The molecule has 1 fully saturated rings. The number of thioether (sulfide) groups is 1. The molecule has 1 saturated heterocycles. The van der Waals surface area contributed by atoms with Crippen LogP contribution >= 0.6 is 11.8 Å². The first-order chi connectivity index (χ1) is 14.6. The first-order valence-electron chi connectivity index (χ1n) is 10.0. The van der Waals surface area contributed by atoms with Crippen molar-refractivity contribution in [3.63, 3.8) is 0 Å². The van der Waals surface area contributed by atoms with E-state index in [-0.39, 0.29) is 11.7 Å². The minimum absolute atomic E-state index is 0.0224. The van der Waals surface area contributed by atoms with Crippen LogP contribution in [-0.2, 0) is 5.75 Å². The minimum Gasteiger partial charge on any atom is -0.368 e. The zero-order chi connectivity index (χ0) is 20.9. The number of piperazine rings is 1. The van der Waals surface area contributed by atoms with Gasteiger partial charge >= 0.3 is 0 Å². The van der Waals surface area contributed by atoms with Gasteiger partial charge in [0.15, 0.2) is 0 Å². The van der Waals surface area contributed by atoms with Crippen molar-refractivity contribution < 1.29 is 9.18 Å².